The van der Waals surface area contributed by atoms with E-state index in [2.05, 4.69) is 10.2 Å². The van der Waals surface area contributed by atoms with E-state index in [1.54, 1.807) is 0 Å². The number of nitrogens with one attached hydrogen (secondary N) is 1. The lowest BCUT2D eigenvalue weighted by molar-refractivity contribution is -0.915. The maximum Gasteiger partial charge on any atom is 0.307 e. The van der Waals surface area contributed by atoms with Gasteiger partial charge < -0.3 is 4.74 Å². The summed E-state index contributed by atoms with van der Waals surface area (Å²) in [5, 5.41) is 0. The summed E-state index contributed by atoms with van der Waals surface area (Å²) in [5.41, 5.74) is 3.12. The molecular weight excluding hydrogens is 224 g/mol. The molecule has 0 unspecified atom stereocenters. The number of methoxy groups -OCH3 is 1. The van der Waals surface area contributed by atoms with Gasteiger partial charge in [0.05, 0.1) is 41.2 Å². The van der Waals surface area contributed by atoms with Crippen LogP contribution in [0.25, 0.3) is 0 Å². The first-order valence-electron chi connectivity index (χ1n) is 3.59. The number of rotatable bonds is 4. The number of esters is 1. The average Bonchev–Trinajstić information content (AvgIpc) is 1.85. The zero-order valence-electron chi connectivity index (χ0n) is 8.09. The van der Waals surface area contributed by atoms with E-state index in [1.165, 1.54) is 7.11 Å². The van der Waals surface area contributed by atoms with Crippen molar-refractivity contribution in [2.75, 3.05) is 34.8 Å². The van der Waals surface area contributed by atoms with E-state index < -0.39 is 0 Å². The smallest absolute Gasteiger partial charge is 0.307 e. The molecule has 0 aliphatic carbocycles. The van der Waals surface area contributed by atoms with Crippen LogP contribution in [-0.4, -0.2) is 45.4 Å². The van der Waals surface area contributed by atoms with Crippen LogP contribution in [0.4, 0.5) is 0 Å². The van der Waals surface area contributed by atoms with Gasteiger partial charge in [0, 0.05) is 0 Å². The lowest BCUT2D eigenvalue weighted by Crippen LogP contribution is -2.48. The third-order valence-electron chi connectivity index (χ3n) is 1.14. The molecule has 0 fully saturated rings. The molecule has 0 spiro atoms. The molecule has 74 valence electrons. The van der Waals surface area contributed by atoms with E-state index in [0.717, 1.165) is 0 Å². The van der Waals surface area contributed by atoms with Gasteiger partial charge in [-0.15, -0.1) is 17.0 Å². The van der Waals surface area contributed by atoms with E-state index in [0.29, 0.717) is 17.6 Å². The third-order valence-corrected chi connectivity index (χ3v) is 1.14. The number of hydrogen-bond acceptors (Lipinski definition) is 3. The molecule has 0 aromatic heterocycles. The number of hydrogen-bond donors (Lipinski definition) is 1. The molecule has 1 N–H and O–H groups in total. The second kappa shape index (κ2) is 6.39. The highest BCUT2D eigenvalue weighted by Crippen LogP contribution is 1.85. The summed E-state index contributed by atoms with van der Waals surface area (Å²) in [5.74, 6) is -0.175. The first-order chi connectivity index (χ1) is 4.95. The molecule has 0 aromatic carbocycles. The Morgan fingerprint density at radius 3 is 2.25 bits per heavy atom. The Morgan fingerprint density at radius 1 is 1.42 bits per heavy atom. The Balaban J connectivity index is 0. The largest absolute Gasteiger partial charge is 0.469 e. The molecule has 0 bridgehead atoms. The molecule has 4 nitrogen and oxygen atoms in total. The summed E-state index contributed by atoms with van der Waals surface area (Å²) in [6, 6.07) is 0. The summed E-state index contributed by atoms with van der Waals surface area (Å²) in [6.45, 7) is 0.649. The van der Waals surface area contributed by atoms with Crippen molar-refractivity contribution >= 4 is 23.0 Å². The van der Waals surface area contributed by atoms with Gasteiger partial charge >= 0.3 is 5.97 Å². The second-order valence-electron chi connectivity index (χ2n) is 3.25. The lowest BCUT2D eigenvalue weighted by Gasteiger charge is -2.23. The number of halogens is 1. The standard InChI is InChI=1S/C7H17N2O2.BrH/c1-9(2,3)8-6-5-7(10)11-4;/h8H,5-6H2,1-4H3;1H/q+1;. The molecule has 0 rings (SSSR count). The van der Waals surface area contributed by atoms with Gasteiger partial charge in [-0.25, -0.2) is 0 Å². The highest BCUT2D eigenvalue weighted by Gasteiger charge is 2.07. The summed E-state index contributed by atoms with van der Waals surface area (Å²) < 4.78 is 5.13. The Kier molecular flexibility index (Phi) is 7.67. The Morgan fingerprint density at radius 2 is 1.92 bits per heavy atom. The summed E-state index contributed by atoms with van der Waals surface area (Å²) >= 11 is 0. The van der Waals surface area contributed by atoms with Gasteiger partial charge in [0.25, 0.3) is 0 Å². The summed E-state index contributed by atoms with van der Waals surface area (Å²) in [4.78, 5) is 10.6. The minimum Gasteiger partial charge on any atom is -0.469 e. The molecule has 12 heavy (non-hydrogen) atoms. The predicted octanol–water partition coefficient (Wildman–Crippen LogP) is 0.338. The molecule has 0 saturated carbocycles. The fraction of sp³-hybridized carbons (Fsp3) is 0.857. The van der Waals surface area contributed by atoms with Crippen LogP contribution < -0.4 is 5.43 Å². The molecule has 0 aliphatic heterocycles. The molecule has 0 amide bonds. The predicted molar refractivity (Wildman–Crippen MR) is 53.0 cm³/mol. The van der Waals surface area contributed by atoms with Crippen LogP contribution in [0.3, 0.4) is 0 Å². The van der Waals surface area contributed by atoms with Crippen LogP contribution in [0, 0.1) is 0 Å². The van der Waals surface area contributed by atoms with Gasteiger partial charge in [0.15, 0.2) is 0 Å². The normalized spacial score (nSPS) is 10.3. The van der Waals surface area contributed by atoms with E-state index in [-0.39, 0.29) is 23.0 Å². The molecule has 0 radical (unpaired) electrons. The van der Waals surface area contributed by atoms with Crippen LogP contribution >= 0.6 is 17.0 Å². The number of ether oxygens (including phenoxy) is 1. The van der Waals surface area contributed by atoms with Crippen molar-refractivity contribution in [1.29, 1.82) is 0 Å². The van der Waals surface area contributed by atoms with Crippen LogP contribution in [0.5, 0.6) is 0 Å². The third kappa shape index (κ3) is 9.87. The quantitative estimate of drug-likeness (QED) is 0.439. The Hall–Kier alpha value is -0.130. The van der Waals surface area contributed by atoms with Crippen LogP contribution in [-0.2, 0) is 9.53 Å². The number of carbonyl (C=O) groups excluding carboxylic acids is 1. The van der Waals surface area contributed by atoms with Gasteiger partial charge in [-0.3, -0.25) is 9.39 Å². The van der Waals surface area contributed by atoms with Crippen LogP contribution in [0.2, 0.25) is 0 Å². The van der Waals surface area contributed by atoms with Crippen molar-refractivity contribution < 1.29 is 14.1 Å². The Bertz CT molecular complexity index is 134. The van der Waals surface area contributed by atoms with Crippen molar-refractivity contribution in [3.63, 3.8) is 0 Å². The van der Waals surface area contributed by atoms with E-state index >= 15 is 0 Å². The summed E-state index contributed by atoms with van der Waals surface area (Å²) in [7, 11) is 7.39. The van der Waals surface area contributed by atoms with E-state index in [9.17, 15) is 4.79 Å². The molecular formula is C7H18BrN2O2+. The first-order valence-corrected chi connectivity index (χ1v) is 3.59. The van der Waals surface area contributed by atoms with Gasteiger partial charge in [0.2, 0.25) is 0 Å². The Labute approximate surface area is 84.2 Å². The van der Waals surface area contributed by atoms with Crippen molar-refractivity contribution in [2.24, 2.45) is 0 Å². The fourth-order valence-electron chi connectivity index (χ4n) is 0.595. The molecule has 0 heterocycles. The van der Waals surface area contributed by atoms with Crippen molar-refractivity contribution in [3.05, 3.63) is 0 Å². The number of quaternary nitrogens is 1. The first kappa shape index (κ1) is 14.4. The average molecular weight is 242 g/mol. The monoisotopic (exact) mass is 241 g/mol. The number of nitrogens with zero attached hydrogens (tertiary/aromatic N) is 1. The molecule has 0 saturated heterocycles. The molecule has 0 aromatic rings. The van der Waals surface area contributed by atoms with Gasteiger partial charge in [-0.2, -0.15) is 5.43 Å². The zero-order chi connectivity index (χ0) is 8.91. The van der Waals surface area contributed by atoms with E-state index in [1.807, 2.05) is 21.1 Å². The van der Waals surface area contributed by atoms with Gasteiger partial charge in [-0.05, 0) is 0 Å². The van der Waals surface area contributed by atoms with Crippen molar-refractivity contribution in [2.45, 2.75) is 6.42 Å². The fourth-order valence-corrected chi connectivity index (χ4v) is 0.595. The van der Waals surface area contributed by atoms with E-state index in [4.69, 9.17) is 0 Å². The maximum atomic E-state index is 10.6. The topological polar surface area (TPSA) is 38.3 Å². The number of carbonyl (C=O) groups is 1. The van der Waals surface area contributed by atoms with Gasteiger partial charge in [0.1, 0.15) is 0 Å². The molecule has 0 atom stereocenters. The van der Waals surface area contributed by atoms with Crippen LogP contribution in [0.15, 0.2) is 0 Å². The highest BCUT2D eigenvalue weighted by atomic mass is 79.9. The lowest BCUT2D eigenvalue weighted by atomic mass is 10.4. The molecule has 5 heteroatoms. The second-order valence-corrected chi connectivity index (χ2v) is 3.25. The summed E-state index contributed by atoms with van der Waals surface area (Å²) in [6.07, 6.45) is 0.423. The van der Waals surface area contributed by atoms with Gasteiger partial charge in [-0.1, -0.05) is 0 Å². The highest BCUT2D eigenvalue weighted by molar-refractivity contribution is 8.93. The minimum atomic E-state index is -0.175. The van der Waals surface area contributed by atoms with Crippen LogP contribution in [0.1, 0.15) is 6.42 Å². The minimum absolute atomic E-state index is 0. The van der Waals surface area contributed by atoms with Crippen molar-refractivity contribution in [3.8, 4) is 0 Å². The van der Waals surface area contributed by atoms with Crippen molar-refractivity contribution in [1.82, 2.24) is 5.43 Å². The SMILES string of the molecule is Br.COC(=O)CCN[N+](C)(C)C. The maximum absolute atomic E-state index is 10.6. The molecule has 0 aliphatic rings. The zero-order valence-corrected chi connectivity index (χ0v) is 9.80.